The van der Waals surface area contributed by atoms with Gasteiger partial charge in [0.2, 0.25) is 15.9 Å². The van der Waals surface area contributed by atoms with Crippen molar-refractivity contribution >= 4 is 33.2 Å². The molecule has 1 amide bonds. The molecule has 27 heavy (non-hydrogen) atoms. The van der Waals surface area contributed by atoms with Crippen LogP contribution in [0.25, 0.3) is 0 Å². The smallest absolute Gasteiger partial charge is 0.240 e. The van der Waals surface area contributed by atoms with Gasteiger partial charge in [0.1, 0.15) is 24.7 Å². The number of carbonyl (C=O) groups is 1. The van der Waals surface area contributed by atoms with E-state index in [1.54, 1.807) is 48.5 Å². The molecule has 0 heterocycles. The SMILES string of the molecule is COc1cccc(N(CC(=O)NCCOc2ccccc2Cl)S(C)(=O)=O)c1. The van der Waals surface area contributed by atoms with Crippen LogP contribution in [0.3, 0.4) is 0 Å². The molecule has 2 rings (SSSR count). The highest BCUT2D eigenvalue weighted by Gasteiger charge is 2.21. The zero-order valence-electron chi connectivity index (χ0n) is 15.0. The Labute approximate surface area is 163 Å². The fraction of sp³-hybridized carbons (Fsp3) is 0.278. The van der Waals surface area contributed by atoms with Gasteiger partial charge in [-0.2, -0.15) is 0 Å². The number of benzene rings is 2. The van der Waals surface area contributed by atoms with Gasteiger partial charge < -0.3 is 14.8 Å². The Kier molecular flexibility index (Phi) is 7.32. The van der Waals surface area contributed by atoms with Crippen LogP contribution in [0.2, 0.25) is 5.02 Å². The van der Waals surface area contributed by atoms with Crippen LogP contribution >= 0.6 is 11.6 Å². The molecule has 0 saturated heterocycles. The van der Waals surface area contributed by atoms with Crippen molar-refractivity contribution in [1.29, 1.82) is 0 Å². The van der Waals surface area contributed by atoms with Gasteiger partial charge in [-0.05, 0) is 24.3 Å². The van der Waals surface area contributed by atoms with Crippen molar-refractivity contribution in [2.24, 2.45) is 0 Å². The maximum absolute atomic E-state index is 12.2. The Balaban J connectivity index is 1.93. The molecule has 0 aliphatic heterocycles. The highest BCUT2D eigenvalue weighted by molar-refractivity contribution is 7.92. The van der Waals surface area contributed by atoms with E-state index in [9.17, 15) is 13.2 Å². The summed E-state index contributed by atoms with van der Waals surface area (Å²) in [7, 11) is -2.17. The van der Waals surface area contributed by atoms with Crippen LogP contribution in [0.1, 0.15) is 0 Å². The van der Waals surface area contributed by atoms with E-state index >= 15 is 0 Å². The summed E-state index contributed by atoms with van der Waals surface area (Å²) in [6.45, 7) is 0.0609. The largest absolute Gasteiger partial charge is 0.497 e. The summed E-state index contributed by atoms with van der Waals surface area (Å²) in [5.74, 6) is 0.559. The Hall–Kier alpha value is -2.45. The number of para-hydroxylation sites is 1. The molecule has 2 aromatic carbocycles. The fourth-order valence-electron chi connectivity index (χ4n) is 2.27. The van der Waals surface area contributed by atoms with Crippen LogP contribution in [0.4, 0.5) is 5.69 Å². The van der Waals surface area contributed by atoms with E-state index < -0.39 is 15.9 Å². The summed E-state index contributed by atoms with van der Waals surface area (Å²) in [6.07, 6.45) is 1.04. The van der Waals surface area contributed by atoms with E-state index in [0.717, 1.165) is 10.6 Å². The number of anilines is 1. The van der Waals surface area contributed by atoms with Crippen molar-refractivity contribution in [2.45, 2.75) is 0 Å². The fourth-order valence-corrected chi connectivity index (χ4v) is 3.30. The molecule has 0 bridgehead atoms. The van der Waals surface area contributed by atoms with Crippen LogP contribution < -0.4 is 19.1 Å². The van der Waals surface area contributed by atoms with Gasteiger partial charge in [0, 0.05) is 6.07 Å². The van der Waals surface area contributed by atoms with Crippen LogP contribution in [-0.4, -0.2) is 47.4 Å². The van der Waals surface area contributed by atoms with Crippen molar-refractivity contribution in [2.75, 3.05) is 37.4 Å². The minimum absolute atomic E-state index is 0.202. The molecule has 146 valence electrons. The van der Waals surface area contributed by atoms with Crippen molar-refractivity contribution in [3.63, 3.8) is 0 Å². The predicted octanol–water partition coefficient (Wildman–Crippen LogP) is 2.31. The van der Waals surface area contributed by atoms with E-state index in [0.29, 0.717) is 22.2 Å². The average molecular weight is 413 g/mol. The first-order chi connectivity index (χ1) is 12.8. The highest BCUT2D eigenvalue weighted by Crippen LogP contribution is 2.23. The number of carbonyl (C=O) groups excluding carboxylic acids is 1. The number of nitrogens with one attached hydrogen (secondary N) is 1. The maximum Gasteiger partial charge on any atom is 0.240 e. The zero-order valence-corrected chi connectivity index (χ0v) is 16.6. The van der Waals surface area contributed by atoms with Crippen molar-refractivity contribution in [1.82, 2.24) is 5.32 Å². The van der Waals surface area contributed by atoms with E-state index in [-0.39, 0.29) is 19.7 Å². The molecule has 9 heteroatoms. The standard InChI is InChI=1S/C18H21ClN2O5S/c1-25-15-7-5-6-14(12-15)21(27(2,23)24)13-18(22)20-10-11-26-17-9-4-3-8-16(17)19/h3-9,12H,10-11,13H2,1-2H3,(H,20,22). The van der Waals surface area contributed by atoms with Crippen LogP contribution in [0, 0.1) is 0 Å². The molecule has 1 N–H and O–H groups in total. The number of amides is 1. The van der Waals surface area contributed by atoms with E-state index in [1.165, 1.54) is 7.11 Å². The number of halogens is 1. The molecular weight excluding hydrogens is 392 g/mol. The normalized spacial score (nSPS) is 10.9. The second-order valence-electron chi connectivity index (χ2n) is 5.60. The number of sulfonamides is 1. The third-order valence-corrected chi connectivity index (χ3v) is 5.00. The topological polar surface area (TPSA) is 84.9 Å². The molecule has 0 atom stereocenters. The summed E-state index contributed by atoms with van der Waals surface area (Å²) in [6, 6.07) is 13.5. The molecule has 7 nitrogen and oxygen atoms in total. The molecule has 0 spiro atoms. The molecule has 0 aliphatic carbocycles. The highest BCUT2D eigenvalue weighted by atomic mass is 35.5. The first-order valence-corrected chi connectivity index (χ1v) is 10.3. The predicted molar refractivity (Wildman–Crippen MR) is 105 cm³/mol. The van der Waals surface area contributed by atoms with E-state index in [4.69, 9.17) is 21.1 Å². The first kappa shape index (κ1) is 20.9. The monoisotopic (exact) mass is 412 g/mol. The lowest BCUT2D eigenvalue weighted by Crippen LogP contribution is -2.41. The van der Waals surface area contributed by atoms with Gasteiger partial charge in [-0.25, -0.2) is 8.42 Å². The summed E-state index contributed by atoms with van der Waals surface area (Å²) < 4.78 is 35.8. The second-order valence-corrected chi connectivity index (χ2v) is 7.91. The van der Waals surface area contributed by atoms with Crippen LogP contribution in [-0.2, 0) is 14.8 Å². The number of nitrogens with zero attached hydrogens (tertiary/aromatic N) is 1. The molecular formula is C18H21ClN2O5S. The minimum Gasteiger partial charge on any atom is -0.497 e. The third kappa shape index (κ3) is 6.33. The summed E-state index contributed by atoms with van der Waals surface area (Å²) >= 11 is 5.98. The van der Waals surface area contributed by atoms with Gasteiger partial charge in [-0.3, -0.25) is 9.10 Å². The number of hydrogen-bond donors (Lipinski definition) is 1. The molecule has 0 unspecified atom stereocenters. The molecule has 0 radical (unpaired) electrons. The lowest BCUT2D eigenvalue weighted by molar-refractivity contribution is -0.119. The van der Waals surface area contributed by atoms with Crippen LogP contribution in [0.15, 0.2) is 48.5 Å². The molecule has 0 aromatic heterocycles. The summed E-state index contributed by atoms with van der Waals surface area (Å²) in [5.41, 5.74) is 0.347. The Morgan fingerprint density at radius 2 is 1.93 bits per heavy atom. The quantitative estimate of drug-likeness (QED) is 0.639. The van der Waals surface area contributed by atoms with Gasteiger partial charge in [-0.15, -0.1) is 0 Å². The third-order valence-electron chi connectivity index (χ3n) is 3.55. The number of ether oxygens (including phenoxy) is 2. The molecule has 2 aromatic rings. The number of hydrogen-bond acceptors (Lipinski definition) is 5. The average Bonchev–Trinajstić information content (AvgIpc) is 2.63. The minimum atomic E-state index is -3.65. The van der Waals surface area contributed by atoms with Crippen LogP contribution in [0.5, 0.6) is 11.5 Å². The zero-order chi connectivity index (χ0) is 19.9. The lowest BCUT2D eigenvalue weighted by atomic mass is 10.3. The number of rotatable bonds is 9. The van der Waals surface area contributed by atoms with Crippen molar-refractivity contribution < 1.29 is 22.7 Å². The van der Waals surface area contributed by atoms with Gasteiger partial charge in [0.05, 0.1) is 30.6 Å². The van der Waals surface area contributed by atoms with E-state index in [1.807, 2.05) is 0 Å². The second kappa shape index (κ2) is 9.48. The Morgan fingerprint density at radius 3 is 2.59 bits per heavy atom. The van der Waals surface area contributed by atoms with Crippen molar-refractivity contribution in [3.05, 3.63) is 53.6 Å². The molecule has 0 saturated carbocycles. The Morgan fingerprint density at radius 1 is 1.19 bits per heavy atom. The van der Waals surface area contributed by atoms with Gasteiger partial charge in [-0.1, -0.05) is 29.8 Å². The summed E-state index contributed by atoms with van der Waals surface area (Å²) in [4.78, 5) is 12.2. The summed E-state index contributed by atoms with van der Waals surface area (Å²) in [5, 5.41) is 3.11. The maximum atomic E-state index is 12.2. The number of methoxy groups -OCH3 is 1. The molecule has 0 fully saturated rings. The van der Waals surface area contributed by atoms with E-state index in [2.05, 4.69) is 5.32 Å². The van der Waals surface area contributed by atoms with Gasteiger partial charge >= 0.3 is 0 Å². The van der Waals surface area contributed by atoms with Crippen molar-refractivity contribution in [3.8, 4) is 11.5 Å². The Bertz CT molecular complexity index is 889. The van der Waals surface area contributed by atoms with Gasteiger partial charge in [0.15, 0.2) is 0 Å². The van der Waals surface area contributed by atoms with Gasteiger partial charge in [0.25, 0.3) is 0 Å². The molecule has 0 aliphatic rings. The lowest BCUT2D eigenvalue weighted by Gasteiger charge is -2.22. The first-order valence-electron chi connectivity index (χ1n) is 8.07.